The molecular formula is C35H40O10. The van der Waals surface area contributed by atoms with Crippen molar-refractivity contribution in [2.24, 2.45) is 52.3 Å². The first-order valence-corrected chi connectivity index (χ1v) is 15.8. The van der Waals surface area contributed by atoms with Gasteiger partial charge in [-0.15, -0.1) is 0 Å². The van der Waals surface area contributed by atoms with Crippen LogP contribution in [0.2, 0.25) is 0 Å². The van der Waals surface area contributed by atoms with Crippen molar-refractivity contribution >= 4 is 35.4 Å². The summed E-state index contributed by atoms with van der Waals surface area (Å²) in [5.41, 5.74) is -2.17. The molecule has 0 aromatic heterocycles. The molecule has 2 saturated heterocycles. The number of allylic oxidation sites excluding steroid dienone is 4. The number of ketones is 2. The highest BCUT2D eigenvalue weighted by Gasteiger charge is 2.64. The summed E-state index contributed by atoms with van der Waals surface area (Å²) in [6.07, 6.45) is 3.98. The van der Waals surface area contributed by atoms with Gasteiger partial charge in [-0.2, -0.15) is 0 Å². The maximum absolute atomic E-state index is 14.0. The van der Waals surface area contributed by atoms with E-state index in [1.54, 1.807) is 20.8 Å². The Balaban J connectivity index is 1.32. The zero-order chi connectivity index (χ0) is 32.7. The molecule has 2 saturated carbocycles. The molecule has 0 unspecified atom stereocenters. The minimum atomic E-state index is -1.42. The third-order valence-electron chi connectivity index (χ3n) is 11.7. The summed E-state index contributed by atoms with van der Waals surface area (Å²) >= 11 is 0. The van der Waals surface area contributed by atoms with E-state index in [9.17, 15) is 28.8 Å². The van der Waals surface area contributed by atoms with E-state index in [0.29, 0.717) is 12.8 Å². The SMILES string of the molecule is C=C1C(=O)O[C@@H]2C[C@@H](C)[C@@H]3C=CC(=O)[C@@]3(C)[C@@H](OC(=O)C(CC)C(=O)O[C@H]3[C@@H]4C(=C)C(=O)O[C@@H]4C[C@@H](C)[C@@H]4C=CC(=O)[C@]43C)[C@H]12. The van der Waals surface area contributed by atoms with Crippen LogP contribution in [-0.4, -0.2) is 59.9 Å². The summed E-state index contributed by atoms with van der Waals surface area (Å²) in [5, 5.41) is 0. The van der Waals surface area contributed by atoms with Crippen LogP contribution in [0.1, 0.15) is 53.9 Å². The van der Waals surface area contributed by atoms with Crippen LogP contribution >= 0.6 is 0 Å². The van der Waals surface area contributed by atoms with Crippen LogP contribution in [-0.2, 0) is 47.7 Å². The number of carbonyl (C=O) groups excluding carboxylic acids is 6. The number of hydrogen-bond donors (Lipinski definition) is 0. The lowest BCUT2D eigenvalue weighted by Gasteiger charge is -2.41. The van der Waals surface area contributed by atoms with Gasteiger partial charge in [0.2, 0.25) is 0 Å². The molecule has 6 rings (SSSR count). The highest BCUT2D eigenvalue weighted by molar-refractivity contribution is 6.01. The van der Waals surface area contributed by atoms with Crippen molar-refractivity contribution in [1.29, 1.82) is 0 Å². The number of hydrogen-bond acceptors (Lipinski definition) is 10. The van der Waals surface area contributed by atoms with Crippen molar-refractivity contribution in [3.63, 3.8) is 0 Å². The van der Waals surface area contributed by atoms with Crippen LogP contribution in [0.15, 0.2) is 48.6 Å². The van der Waals surface area contributed by atoms with E-state index in [0.717, 1.165) is 0 Å². The van der Waals surface area contributed by atoms with Crippen molar-refractivity contribution in [2.45, 2.75) is 78.3 Å². The van der Waals surface area contributed by atoms with Gasteiger partial charge in [0.25, 0.3) is 0 Å². The normalized spacial score (nSPS) is 43.2. The summed E-state index contributed by atoms with van der Waals surface area (Å²) in [6, 6.07) is 0. The van der Waals surface area contributed by atoms with E-state index in [1.807, 2.05) is 26.0 Å². The molecule has 240 valence electrons. The smallest absolute Gasteiger partial charge is 0.334 e. The summed E-state index contributed by atoms with van der Waals surface area (Å²) in [5.74, 6) is -7.20. The molecule has 0 aromatic carbocycles. The topological polar surface area (TPSA) is 139 Å². The number of ether oxygens (including phenoxy) is 4. The summed E-state index contributed by atoms with van der Waals surface area (Å²) in [7, 11) is 0. The minimum absolute atomic E-state index is 0.00245. The molecule has 0 aromatic rings. The fourth-order valence-corrected chi connectivity index (χ4v) is 9.14. The van der Waals surface area contributed by atoms with Gasteiger partial charge in [-0.05, 0) is 68.9 Å². The highest BCUT2D eigenvalue weighted by atomic mass is 16.6. The Morgan fingerprint density at radius 2 is 1.18 bits per heavy atom. The Hall–Kier alpha value is -3.82. The van der Waals surface area contributed by atoms with Crippen molar-refractivity contribution in [1.82, 2.24) is 0 Å². The standard InChI is InChI=1S/C35H40O10/c1-8-19(32(40)44-28-26-17(4)30(38)42-22(26)13-15(2)20-9-11-24(36)34(20,28)6)33(41)45-29-27-18(5)31(39)43-23(27)14-16(3)21-10-12-25(37)35(21,29)7/h9-12,15-16,19-23,26-29H,4-5,8,13-14H2,1-3,6-7H3/t15-,16-,20+,21+,22-,23-,26-,27-,28+,29+,34+,35+/m1/s1. The van der Waals surface area contributed by atoms with E-state index < -0.39 is 76.9 Å². The minimum Gasteiger partial charge on any atom is -0.460 e. The molecule has 0 N–H and O–H groups in total. The Morgan fingerprint density at radius 1 is 0.800 bits per heavy atom. The predicted molar refractivity (Wildman–Crippen MR) is 158 cm³/mol. The molecule has 0 bridgehead atoms. The van der Waals surface area contributed by atoms with E-state index in [2.05, 4.69) is 13.2 Å². The third-order valence-corrected chi connectivity index (χ3v) is 11.7. The van der Waals surface area contributed by atoms with Crippen LogP contribution in [0, 0.1) is 52.3 Å². The van der Waals surface area contributed by atoms with Crippen molar-refractivity contribution < 1.29 is 47.7 Å². The molecule has 0 radical (unpaired) electrons. The summed E-state index contributed by atoms with van der Waals surface area (Å²) in [4.78, 5) is 80.0. The Morgan fingerprint density at radius 3 is 1.53 bits per heavy atom. The molecule has 2 heterocycles. The predicted octanol–water partition coefficient (Wildman–Crippen LogP) is 3.63. The van der Waals surface area contributed by atoms with Gasteiger partial charge < -0.3 is 18.9 Å². The largest absolute Gasteiger partial charge is 0.460 e. The second-order valence-electron chi connectivity index (χ2n) is 14.2. The zero-order valence-corrected chi connectivity index (χ0v) is 26.3. The lowest BCUT2D eigenvalue weighted by molar-refractivity contribution is -0.181. The second kappa shape index (κ2) is 10.6. The zero-order valence-electron chi connectivity index (χ0n) is 26.3. The molecule has 4 aliphatic carbocycles. The monoisotopic (exact) mass is 620 g/mol. The summed E-state index contributed by atoms with van der Waals surface area (Å²) in [6.45, 7) is 16.9. The van der Waals surface area contributed by atoms with Gasteiger partial charge >= 0.3 is 23.9 Å². The van der Waals surface area contributed by atoms with Crippen LogP contribution in [0.4, 0.5) is 0 Å². The molecule has 2 aliphatic heterocycles. The Kier molecular flexibility index (Phi) is 7.36. The van der Waals surface area contributed by atoms with Gasteiger partial charge in [0.05, 0.1) is 22.7 Å². The fraction of sp³-hybridized carbons (Fsp3) is 0.600. The lowest BCUT2D eigenvalue weighted by Crippen LogP contribution is -2.52. The lowest BCUT2D eigenvalue weighted by atomic mass is 9.67. The molecule has 10 heteroatoms. The molecule has 6 aliphatic rings. The average Bonchev–Trinajstić information content (AvgIpc) is 3.60. The Labute approximate surface area is 262 Å². The first-order chi connectivity index (χ1) is 21.2. The van der Waals surface area contributed by atoms with E-state index in [4.69, 9.17) is 18.9 Å². The number of rotatable bonds is 5. The molecule has 12 atom stereocenters. The highest BCUT2D eigenvalue weighted by Crippen LogP contribution is 2.56. The van der Waals surface area contributed by atoms with E-state index in [1.165, 1.54) is 12.2 Å². The van der Waals surface area contributed by atoms with Crippen molar-refractivity contribution in [3.05, 3.63) is 48.6 Å². The quantitative estimate of drug-likeness (QED) is 0.194. The maximum atomic E-state index is 14.0. The van der Waals surface area contributed by atoms with Crippen molar-refractivity contribution in [3.8, 4) is 0 Å². The summed E-state index contributed by atoms with van der Waals surface area (Å²) < 4.78 is 23.5. The van der Waals surface area contributed by atoms with Gasteiger partial charge in [0, 0.05) is 11.1 Å². The van der Waals surface area contributed by atoms with Crippen LogP contribution < -0.4 is 0 Å². The van der Waals surface area contributed by atoms with Gasteiger partial charge in [-0.1, -0.05) is 46.1 Å². The van der Waals surface area contributed by atoms with Crippen LogP contribution in [0.5, 0.6) is 0 Å². The molecule has 0 amide bonds. The number of carbonyl (C=O) groups is 6. The van der Waals surface area contributed by atoms with Crippen LogP contribution in [0.25, 0.3) is 0 Å². The first-order valence-electron chi connectivity index (χ1n) is 15.8. The average molecular weight is 621 g/mol. The van der Waals surface area contributed by atoms with Crippen LogP contribution in [0.3, 0.4) is 0 Å². The third kappa shape index (κ3) is 4.34. The number of fused-ring (bicyclic) bond motifs is 4. The number of esters is 4. The second-order valence-corrected chi connectivity index (χ2v) is 14.2. The van der Waals surface area contributed by atoms with Gasteiger partial charge in [-0.25, -0.2) is 9.59 Å². The van der Waals surface area contributed by atoms with Gasteiger partial charge in [0.1, 0.15) is 24.4 Å². The Bertz CT molecular complexity index is 1380. The molecule has 10 nitrogen and oxygen atoms in total. The fourth-order valence-electron chi connectivity index (χ4n) is 9.14. The van der Waals surface area contributed by atoms with E-state index in [-0.39, 0.29) is 52.8 Å². The first kappa shape index (κ1) is 31.2. The molecule has 45 heavy (non-hydrogen) atoms. The van der Waals surface area contributed by atoms with Gasteiger partial charge in [-0.3, -0.25) is 19.2 Å². The molecule has 0 spiro atoms. The molecular weight excluding hydrogens is 580 g/mol. The maximum Gasteiger partial charge on any atom is 0.334 e. The van der Waals surface area contributed by atoms with E-state index >= 15 is 0 Å². The van der Waals surface area contributed by atoms with Crippen molar-refractivity contribution in [2.75, 3.05) is 0 Å². The van der Waals surface area contributed by atoms with Gasteiger partial charge in [0.15, 0.2) is 17.5 Å². The molecule has 4 fully saturated rings.